The van der Waals surface area contributed by atoms with Crippen molar-refractivity contribution in [3.8, 4) is 5.75 Å². The normalized spacial score (nSPS) is 11.3. The van der Waals surface area contributed by atoms with Crippen LogP contribution in [0.4, 0.5) is 0 Å². The van der Waals surface area contributed by atoms with Crippen molar-refractivity contribution < 1.29 is 14.3 Å². The molecule has 0 heterocycles. The summed E-state index contributed by atoms with van der Waals surface area (Å²) in [7, 11) is 0. The quantitative estimate of drug-likeness (QED) is 0.559. The maximum absolute atomic E-state index is 11.4. The van der Waals surface area contributed by atoms with E-state index in [1.807, 2.05) is 38.1 Å². The van der Waals surface area contributed by atoms with Gasteiger partial charge < -0.3 is 9.47 Å². The summed E-state index contributed by atoms with van der Waals surface area (Å²) >= 11 is 0. The highest BCUT2D eigenvalue weighted by Gasteiger charge is 2.00. The molecule has 0 saturated carbocycles. The zero-order valence-corrected chi connectivity index (χ0v) is 12.8. The van der Waals surface area contributed by atoms with E-state index in [1.165, 1.54) is 6.08 Å². The molecule has 3 heteroatoms. The molecule has 0 saturated heterocycles. The van der Waals surface area contributed by atoms with Gasteiger partial charge in [-0.1, -0.05) is 39.8 Å². The van der Waals surface area contributed by atoms with Crippen LogP contribution < -0.4 is 4.74 Å². The Balaban J connectivity index is 2.46. The Bertz CT molecular complexity index is 430. The van der Waals surface area contributed by atoms with Crippen molar-refractivity contribution in [2.45, 2.75) is 27.7 Å². The smallest absolute Gasteiger partial charge is 0.330 e. The SMILES string of the molecule is CC(C)COC(=O)/C=C/c1ccc(OCC(C)C)cc1. The van der Waals surface area contributed by atoms with E-state index in [0.29, 0.717) is 25.0 Å². The van der Waals surface area contributed by atoms with E-state index in [9.17, 15) is 4.79 Å². The third kappa shape index (κ3) is 6.98. The molecular formula is C17H24O3. The first kappa shape index (κ1) is 16.3. The Hall–Kier alpha value is -1.77. The van der Waals surface area contributed by atoms with E-state index >= 15 is 0 Å². The largest absolute Gasteiger partial charge is 0.493 e. The number of benzene rings is 1. The van der Waals surface area contributed by atoms with Gasteiger partial charge in [0.25, 0.3) is 0 Å². The lowest BCUT2D eigenvalue weighted by atomic mass is 10.2. The molecule has 3 nitrogen and oxygen atoms in total. The standard InChI is InChI=1S/C17H24O3/c1-13(2)11-19-16-8-5-15(6-9-16)7-10-17(18)20-12-14(3)4/h5-10,13-14H,11-12H2,1-4H3/b10-7+. The molecule has 0 aliphatic rings. The van der Waals surface area contributed by atoms with Gasteiger partial charge in [-0.3, -0.25) is 0 Å². The van der Waals surface area contributed by atoms with Gasteiger partial charge in [-0.05, 0) is 35.6 Å². The van der Waals surface area contributed by atoms with Gasteiger partial charge in [0.2, 0.25) is 0 Å². The lowest BCUT2D eigenvalue weighted by Crippen LogP contribution is -2.06. The maximum atomic E-state index is 11.4. The minimum Gasteiger partial charge on any atom is -0.493 e. The molecule has 0 atom stereocenters. The van der Waals surface area contributed by atoms with Gasteiger partial charge in [0.1, 0.15) is 5.75 Å². The van der Waals surface area contributed by atoms with E-state index in [-0.39, 0.29) is 5.97 Å². The molecule has 0 aliphatic carbocycles. The molecular weight excluding hydrogens is 252 g/mol. The van der Waals surface area contributed by atoms with Gasteiger partial charge in [0, 0.05) is 6.08 Å². The second kappa shape index (κ2) is 8.41. The summed E-state index contributed by atoms with van der Waals surface area (Å²) in [6.45, 7) is 9.39. The third-order valence-corrected chi connectivity index (χ3v) is 2.43. The van der Waals surface area contributed by atoms with Gasteiger partial charge in [0.15, 0.2) is 0 Å². The second-order valence-corrected chi connectivity index (χ2v) is 5.63. The third-order valence-electron chi connectivity index (χ3n) is 2.43. The Kier molecular flexibility index (Phi) is 6.85. The molecule has 0 aliphatic heterocycles. The highest BCUT2D eigenvalue weighted by Crippen LogP contribution is 2.14. The second-order valence-electron chi connectivity index (χ2n) is 5.63. The summed E-state index contributed by atoms with van der Waals surface area (Å²) < 4.78 is 10.7. The van der Waals surface area contributed by atoms with Gasteiger partial charge in [0.05, 0.1) is 13.2 Å². The zero-order chi connectivity index (χ0) is 15.0. The highest BCUT2D eigenvalue weighted by molar-refractivity contribution is 5.87. The molecule has 110 valence electrons. The van der Waals surface area contributed by atoms with E-state index in [2.05, 4.69) is 13.8 Å². The average Bonchev–Trinajstić information content (AvgIpc) is 2.41. The molecule has 1 aromatic carbocycles. The predicted molar refractivity (Wildman–Crippen MR) is 81.6 cm³/mol. The molecule has 1 aromatic rings. The van der Waals surface area contributed by atoms with Crippen LogP contribution in [-0.2, 0) is 9.53 Å². The van der Waals surface area contributed by atoms with Gasteiger partial charge in [-0.25, -0.2) is 4.79 Å². The first-order valence-corrected chi connectivity index (χ1v) is 7.05. The maximum Gasteiger partial charge on any atom is 0.330 e. The van der Waals surface area contributed by atoms with Crippen LogP contribution in [-0.4, -0.2) is 19.2 Å². The summed E-state index contributed by atoms with van der Waals surface area (Å²) in [6, 6.07) is 7.65. The number of carbonyl (C=O) groups is 1. The first-order valence-electron chi connectivity index (χ1n) is 7.05. The Morgan fingerprint density at radius 1 is 1.05 bits per heavy atom. The van der Waals surface area contributed by atoms with Gasteiger partial charge in [-0.2, -0.15) is 0 Å². The molecule has 0 amide bonds. The lowest BCUT2D eigenvalue weighted by Gasteiger charge is -2.08. The predicted octanol–water partition coefficient (Wildman–Crippen LogP) is 3.93. The fourth-order valence-corrected chi connectivity index (χ4v) is 1.40. The van der Waals surface area contributed by atoms with Crippen LogP contribution in [0.1, 0.15) is 33.3 Å². The summed E-state index contributed by atoms with van der Waals surface area (Å²) in [4.78, 5) is 11.4. The highest BCUT2D eigenvalue weighted by atomic mass is 16.5. The molecule has 0 N–H and O–H groups in total. The molecule has 1 rings (SSSR count). The Morgan fingerprint density at radius 3 is 2.20 bits per heavy atom. The Morgan fingerprint density at radius 2 is 1.65 bits per heavy atom. The first-order chi connectivity index (χ1) is 9.47. The van der Waals surface area contributed by atoms with Crippen molar-refractivity contribution in [3.63, 3.8) is 0 Å². The number of hydrogen-bond acceptors (Lipinski definition) is 3. The van der Waals surface area contributed by atoms with Gasteiger partial charge >= 0.3 is 5.97 Å². The number of ether oxygens (including phenoxy) is 2. The van der Waals surface area contributed by atoms with Crippen molar-refractivity contribution in [2.75, 3.05) is 13.2 Å². The summed E-state index contributed by atoms with van der Waals surface area (Å²) in [5.41, 5.74) is 0.948. The van der Waals surface area contributed by atoms with Crippen molar-refractivity contribution in [2.24, 2.45) is 11.8 Å². The van der Waals surface area contributed by atoms with E-state index in [0.717, 1.165) is 11.3 Å². The van der Waals surface area contributed by atoms with Crippen molar-refractivity contribution >= 4 is 12.0 Å². The molecule has 20 heavy (non-hydrogen) atoms. The topological polar surface area (TPSA) is 35.5 Å². The zero-order valence-electron chi connectivity index (χ0n) is 12.8. The number of carbonyl (C=O) groups excluding carboxylic acids is 1. The fourth-order valence-electron chi connectivity index (χ4n) is 1.40. The summed E-state index contributed by atoms with van der Waals surface area (Å²) in [5.74, 6) is 1.40. The monoisotopic (exact) mass is 276 g/mol. The molecule has 0 bridgehead atoms. The van der Waals surface area contributed by atoms with Gasteiger partial charge in [-0.15, -0.1) is 0 Å². The van der Waals surface area contributed by atoms with Crippen LogP contribution in [0.25, 0.3) is 6.08 Å². The molecule has 0 unspecified atom stereocenters. The van der Waals surface area contributed by atoms with Crippen LogP contribution in [0.15, 0.2) is 30.3 Å². The number of hydrogen-bond donors (Lipinski definition) is 0. The number of esters is 1. The fraction of sp³-hybridized carbons (Fsp3) is 0.471. The molecule has 0 radical (unpaired) electrons. The van der Waals surface area contributed by atoms with Crippen molar-refractivity contribution in [1.29, 1.82) is 0 Å². The minimum atomic E-state index is -0.307. The van der Waals surface area contributed by atoms with Crippen molar-refractivity contribution in [3.05, 3.63) is 35.9 Å². The molecule has 0 spiro atoms. The van der Waals surface area contributed by atoms with Crippen LogP contribution in [0, 0.1) is 11.8 Å². The van der Waals surface area contributed by atoms with Crippen LogP contribution in [0.2, 0.25) is 0 Å². The van der Waals surface area contributed by atoms with Crippen LogP contribution in [0.3, 0.4) is 0 Å². The average molecular weight is 276 g/mol. The minimum absolute atomic E-state index is 0.307. The molecule has 0 fully saturated rings. The summed E-state index contributed by atoms with van der Waals surface area (Å²) in [6.07, 6.45) is 3.20. The molecule has 0 aromatic heterocycles. The lowest BCUT2D eigenvalue weighted by molar-refractivity contribution is -0.138. The van der Waals surface area contributed by atoms with Crippen LogP contribution >= 0.6 is 0 Å². The van der Waals surface area contributed by atoms with E-state index in [4.69, 9.17) is 9.47 Å². The summed E-state index contributed by atoms with van der Waals surface area (Å²) in [5, 5.41) is 0. The van der Waals surface area contributed by atoms with E-state index < -0.39 is 0 Å². The number of rotatable bonds is 7. The van der Waals surface area contributed by atoms with Crippen molar-refractivity contribution in [1.82, 2.24) is 0 Å². The Labute approximate surface area is 121 Å². The van der Waals surface area contributed by atoms with E-state index in [1.54, 1.807) is 6.08 Å². The van der Waals surface area contributed by atoms with Crippen LogP contribution in [0.5, 0.6) is 5.75 Å².